The van der Waals surface area contributed by atoms with Crippen LogP contribution in [0.5, 0.6) is 0 Å². The number of rotatable bonds is 5. The molecule has 1 aromatic carbocycles. The van der Waals surface area contributed by atoms with Gasteiger partial charge in [-0.1, -0.05) is 29.3 Å². The van der Waals surface area contributed by atoms with E-state index in [1.807, 2.05) is 19.9 Å². The van der Waals surface area contributed by atoms with Gasteiger partial charge in [-0.3, -0.25) is 9.00 Å². The Kier molecular flexibility index (Phi) is 5.33. The summed E-state index contributed by atoms with van der Waals surface area (Å²) in [6, 6.07) is 5.35. The maximum Gasteiger partial charge on any atom is 0.403 e. The number of carboxylic acids is 1. The van der Waals surface area contributed by atoms with Crippen LogP contribution in [0.25, 0.3) is 0 Å². The molecule has 0 fully saturated rings. The minimum Gasteiger partial charge on any atom is -0.481 e. The average Bonchev–Trinajstić information content (AvgIpc) is 2.22. The van der Waals surface area contributed by atoms with Crippen LogP contribution in [0, 0.1) is 19.8 Å². The number of alkyl halides is 3. The SMILES string of the molecule is Cc1cc(C)cc(CS(=O)CC(C(=O)O)C(F)(F)F)c1. The Morgan fingerprint density at radius 1 is 1.25 bits per heavy atom. The van der Waals surface area contributed by atoms with Crippen molar-refractivity contribution in [2.45, 2.75) is 25.8 Å². The van der Waals surface area contributed by atoms with Gasteiger partial charge in [0.15, 0.2) is 5.92 Å². The lowest BCUT2D eigenvalue weighted by atomic mass is 10.1. The molecule has 3 nitrogen and oxygen atoms in total. The largest absolute Gasteiger partial charge is 0.481 e. The highest BCUT2D eigenvalue weighted by Gasteiger charge is 2.45. The highest BCUT2D eigenvalue weighted by atomic mass is 32.2. The van der Waals surface area contributed by atoms with Crippen LogP contribution >= 0.6 is 0 Å². The van der Waals surface area contributed by atoms with Crippen molar-refractivity contribution < 1.29 is 27.3 Å². The van der Waals surface area contributed by atoms with Gasteiger partial charge in [-0.05, 0) is 19.4 Å². The van der Waals surface area contributed by atoms with Crippen LogP contribution in [-0.2, 0) is 21.3 Å². The molecule has 1 rings (SSSR count). The number of benzene rings is 1. The molecule has 0 aliphatic heterocycles. The second kappa shape index (κ2) is 6.39. The minimum atomic E-state index is -4.88. The molecular weight excluding hydrogens is 293 g/mol. The molecule has 0 bridgehead atoms. The van der Waals surface area contributed by atoms with Gasteiger partial charge in [0, 0.05) is 22.3 Å². The van der Waals surface area contributed by atoms with Gasteiger partial charge in [0.1, 0.15) is 0 Å². The van der Waals surface area contributed by atoms with Crippen LogP contribution in [0.3, 0.4) is 0 Å². The van der Waals surface area contributed by atoms with E-state index in [2.05, 4.69) is 0 Å². The summed E-state index contributed by atoms with van der Waals surface area (Å²) in [5, 5.41) is 8.56. The Balaban J connectivity index is 2.78. The van der Waals surface area contributed by atoms with Gasteiger partial charge < -0.3 is 5.11 Å². The molecule has 0 spiro atoms. The quantitative estimate of drug-likeness (QED) is 0.910. The first-order chi connectivity index (χ1) is 9.09. The fraction of sp³-hybridized carbons (Fsp3) is 0.462. The Morgan fingerprint density at radius 3 is 2.15 bits per heavy atom. The van der Waals surface area contributed by atoms with Gasteiger partial charge >= 0.3 is 12.1 Å². The third kappa shape index (κ3) is 4.96. The summed E-state index contributed by atoms with van der Waals surface area (Å²) in [5.74, 6) is -5.59. The molecule has 0 amide bonds. The van der Waals surface area contributed by atoms with Crippen LogP contribution in [0.1, 0.15) is 16.7 Å². The number of carbonyl (C=O) groups is 1. The van der Waals surface area contributed by atoms with Crippen LogP contribution in [0.2, 0.25) is 0 Å². The zero-order valence-electron chi connectivity index (χ0n) is 11.0. The normalized spacial score (nSPS) is 14.8. The topological polar surface area (TPSA) is 54.4 Å². The third-order valence-electron chi connectivity index (χ3n) is 2.65. The predicted molar refractivity (Wildman–Crippen MR) is 69.8 cm³/mol. The number of aryl methyl sites for hydroxylation is 2. The third-order valence-corrected chi connectivity index (χ3v) is 4.02. The minimum absolute atomic E-state index is 0.0810. The predicted octanol–water partition coefficient (Wildman–Crippen LogP) is 2.82. The smallest absolute Gasteiger partial charge is 0.403 e. The molecule has 0 radical (unpaired) electrons. The lowest BCUT2D eigenvalue weighted by Gasteiger charge is -2.15. The molecule has 0 saturated heterocycles. The van der Waals surface area contributed by atoms with E-state index in [0.717, 1.165) is 11.1 Å². The van der Waals surface area contributed by atoms with Crippen molar-refractivity contribution in [1.29, 1.82) is 0 Å². The molecule has 1 aromatic rings. The molecule has 1 N–H and O–H groups in total. The van der Waals surface area contributed by atoms with E-state index in [4.69, 9.17) is 5.11 Å². The molecule has 0 aliphatic carbocycles. The molecule has 7 heteroatoms. The average molecular weight is 308 g/mol. The van der Waals surface area contributed by atoms with Crippen molar-refractivity contribution >= 4 is 16.8 Å². The summed E-state index contributed by atoms with van der Waals surface area (Å²) in [6.45, 7) is 3.66. The molecule has 20 heavy (non-hydrogen) atoms. The van der Waals surface area contributed by atoms with Gasteiger partial charge in [-0.2, -0.15) is 13.2 Å². The summed E-state index contributed by atoms with van der Waals surface area (Å²) in [5.41, 5.74) is 2.48. The maximum atomic E-state index is 12.5. The standard InChI is InChI=1S/C13H15F3O3S/c1-8-3-9(2)5-10(4-8)6-20(19)7-11(12(17)18)13(14,15)16/h3-5,11H,6-7H2,1-2H3,(H,17,18). The fourth-order valence-electron chi connectivity index (χ4n) is 1.89. The summed E-state index contributed by atoms with van der Waals surface area (Å²) < 4.78 is 49.2. The van der Waals surface area contributed by atoms with E-state index in [1.54, 1.807) is 12.1 Å². The maximum absolute atomic E-state index is 12.5. The number of halogens is 3. The van der Waals surface area contributed by atoms with Gasteiger partial charge in [0.05, 0.1) is 0 Å². The number of hydrogen-bond acceptors (Lipinski definition) is 2. The molecule has 2 atom stereocenters. The number of carboxylic acid groups (broad SMARTS) is 1. The summed E-state index contributed by atoms with van der Waals surface area (Å²) in [6.07, 6.45) is -4.88. The Hall–Kier alpha value is -1.37. The van der Waals surface area contributed by atoms with E-state index in [1.165, 1.54) is 0 Å². The van der Waals surface area contributed by atoms with E-state index < -0.39 is 34.6 Å². The second-order valence-electron chi connectivity index (χ2n) is 4.68. The van der Waals surface area contributed by atoms with Gasteiger partial charge in [0.2, 0.25) is 0 Å². The number of hydrogen-bond donors (Lipinski definition) is 1. The molecule has 0 aliphatic rings. The monoisotopic (exact) mass is 308 g/mol. The molecule has 2 unspecified atom stereocenters. The first-order valence-electron chi connectivity index (χ1n) is 5.81. The zero-order valence-corrected chi connectivity index (χ0v) is 11.8. The number of aliphatic carboxylic acids is 1. The molecule has 112 valence electrons. The Bertz CT molecular complexity index is 506. The fourth-order valence-corrected chi connectivity index (χ4v) is 3.25. The Labute approximate surface area is 117 Å². The van der Waals surface area contributed by atoms with Crippen LogP contribution < -0.4 is 0 Å². The first-order valence-corrected chi connectivity index (χ1v) is 7.30. The Morgan fingerprint density at radius 2 is 1.75 bits per heavy atom. The lowest BCUT2D eigenvalue weighted by molar-refractivity contribution is -0.188. The van der Waals surface area contributed by atoms with Crippen molar-refractivity contribution in [3.8, 4) is 0 Å². The van der Waals surface area contributed by atoms with E-state index >= 15 is 0 Å². The highest BCUT2D eigenvalue weighted by molar-refractivity contribution is 7.84. The van der Waals surface area contributed by atoms with Crippen molar-refractivity contribution in [2.75, 3.05) is 5.75 Å². The van der Waals surface area contributed by atoms with Crippen molar-refractivity contribution in [3.63, 3.8) is 0 Å². The van der Waals surface area contributed by atoms with E-state index in [9.17, 15) is 22.2 Å². The van der Waals surface area contributed by atoms with Crippen molar-refractivity contribution in [2.24, 2.45) is 5.92 Å². The van der Waals surface area contributed by atoms with Crippen molar-refractivity contribution in [3.05, 3.63) is 34.9 Å². The lowest BCUT2D eigenvalue weighted by Crippen LogP contribution is -2.35. The highest BCUT2D eigenvalue weighted by Crippen LogP contribution is 2.27. The molecule has 0 saturated carbocycles. The summed E-state index contributed by atoms with van der Waals surface area (Å²) >= 11 is 0. The molecular formula is C13H15F3O3S. The van der Waals surface area contributed by atoms with Crippen LogP contribution in [-0.4, -0.2) is 27.2 Å². The van der Waals surface area contributed by atoms with Gasteiger partial charge in [0.25, 0.3) is 0 Å². The van der Waals surface area contributed by atoms with Gasteiger partial charge in [-0.15, -0.1) is 0 Å². The van der Waals surface area contributed by atoms with Gasteiger partial charge in [-0.25, -0.2) is 0 Å². The van der Waals surface area contributed by atoms with Crippen molar-refractivity contribution in [1.82, 2.24) is 0 Å². The molecule has 0 aromatic heterocycles. The van der Waals surface area contributed by atoms with E-state index in [-0.39, 0.29) is 5.75 Å². The zero-order chi connectivity index (χ0) is 15.5. The summed E-state index contributed by atoms with van der Waals surface area (Å²) in [4.78, 5) is 10.6. The first kappa shape index (κ1) is 16.7. The molecule has 0 heterocycles. The second-order valence-corrected chi connectivity index (χ2v) is 6.18. The van der Waals surface area contributed by atoms with Crippen LogP contribution in [0.4, 0.5) is 13.2 Å². The van der Waals surface area contributed by atoms with Crippen LogP contribution in [0.15, 0.2) is 18.2 Å². The summed E-state index contributed by atoms with van der Waals surface area (Å²) in [7, 11) is -1.89. The van der Waals surface area contributed by atoms with E-state index in [0.29, 0.717) is 5.56 Å².